The summed E-state index contributed by atoms with van der Waals surface area (Å²) in [6.45, 7) is 4.86. The number of hydrogen-bond acceptors (Lipinski definition) is 2. The van der Waals surface area contributed by atoms with Crippen molar-refractivity contribution in [1.29, 1.82) is 0 Å². The maximum Gasteiger partial charge on any atom is 0.173 e. The fraction of sp³-hybridized carbons (Fsp3) is 0.385. The Bertz CT molecular complexity index is 398. The highest BCUT2D eigenvalue weighted by Gasteiger charge is 2.20. The van der Waals surface area contributed by atoms with E-state index in [-0.39, 0.29) is 17.4 Å². The first-order valence-corrected chi connectivity index (χ1v) is 6.01. The Balaban J connectivity index is 1.81. The van der Waals surface area contributed by atoms with E-state index >= 15 is 0 Å². The third kappa shape index (κ3) is 3.72. The fourth-order valence-corrected chi connectivity index (χ4v) is 1.64. The van der Waals surface area contributed by atoms with E-state index in [0.29, 0.717) is 12.6 Å². The van der Waals surface area contributed by atoms with Gasteiger partial charge in [-0.05, 0) is 30.5 Å². The van der Waals surface area contributed by atoms with Gasteiger partial charge in [-0.25, -0.2) is 4.39 Å². The van der Waals surface area contributed by atoms with Crippen LogP contribution in [0.5, 0.6) is 5.75 Å². The second-order valence-corrected chi connectivity index (χ2v) is 4.65. The third-order valence-corrected chi connectivity index (χ3v) is 2.86. The highest BCUT2D eigenvalue weighted by molar-refractivity contribution is 6.32. The summed E-state index contributed by atoms with van der Waals surface area (Å²) >= 11 is 5.84. The van der Waals surface area contributed by atoms with E-state index < -0.39 is 5.82 Å². The van der Waals surface area contributed by atoms with Gasteiger partial charge in [-0.1, -0.05) is 24.2 Å². The lowest BCUT2D eigenvalue weighted by Crippen LogP contribution is -2.21. The number of rotatable bonds is 6. The number of halogens is 2. The predicted octanol–water partition coefficient (Wildman–Crippen LogP) is 3.17. The molecule has 1 aliphatic carbocycles. The van der Waals surface area contributed by atoms with Gasteiger partial charge in [0, 0.05) is 12.6 Å². The molecule has 4 heteroatoms. The Morgan fingerprint density at radius 3 is 2.94 bits per heavy atom. The normalized spacial score (nSPS) is 14.7. The maximum atomic E-state index is 13.4. The average molecular weight is 256 g/mol. The lowest BCUT2D eigenvalue weighted by Gasteiger charge is -2.11. The topological polar surface area (TPSA) is 21.3 Å². The molecule has 1 fully saturated rings. The average Bonchev–Trinajstić information content (AvgIpc) is 3.09. The van der Waals surface area contributed by atoms with E-state index in [4.69, 9.17) is 16.3 Å². The quantitative estimate of drug-likeness (QED) is 0.789. The molecule has 0 unspecified atom stereocenters. The predicted molar refractivity (Wildman–Crippen MR) is 67.1 cm³/mol. The zero-order chi connectivity index (χ0) is 12.3. The molecule has 0 heterocycles. The van der Waals surface area contributed by atoms with Crippen molar-refractivity contribution < 1.29 is 9.13 Å². The minimum absolute atomic E-state index is 0.0988. The van der Waals surface area contributed by atoms with Gasteiger partial charge in [0.1, 0.15) is 6.61 Å². The van der Waals surface area contributed by atoms with E-state index in [2.05, 4.69) is 11.9 Å². The van der Waals surface area contributed by atoms with Crippen LogP contribution in [-0.4, -0.2) is 19.2 Å². The van der Waals surface area contributed by atoms with Gasteiger partial charge in [0.25, 0.3) is 0 Å². The smallest absolute Gasteiger partial charge is 0.173 e. The number of nitrogens with one attached hydrogen (secondary N) is 1. The molecule has 17 heavy (non-hydrogen) atoms. The van der Waals surface area contributed by atoms with Gasteiger partial charge in [-0.3, -0.25) is 0 Å². The van der Waals surface area contributed by atoms with E-state index in [1.165, 1.54) is 18.9 Å². The van der Waals surface area contributed by atoms with Gasteiger partial charge in [-0.15, -0.1) is 0 Å². The van der Waals surface area contributed by atoms with E-state index in [1.807, 2.05) is 0 Å². The molecule has 0 radical (unpaired) electrons. The van der Waals surface area contributed by atoms with Crippen molar-refractivity contribution in [2.24, 2.45) is 0 Å². The largest absolute Gasteiger partial charge is 0.485 e. The van der Waals surface area contributed by atoms with Crippen molar-refractivity contribution in [1.82, 2.24) is 5.32 Å². The standard InChI is InChI=1S/C13H15ClFNO/c1-9(7-16-10-5-6-10)8-17-13-11(14)3-2-4-12(13)15/h2-4,10,16H,1,5-8H2. The minimum Gasteiger partial charge on any atom is -0.485 e. The Kier molecular flexibility index (Phi) is 4.02. The van der Waals surface area contributed by atoms with Crippen LogP contribution in [-0.2, 0) is 0 Å². The Morgan fingerprint density at radius 2 is 2.29 bits per heavy atom. The molecule has 2 rings (SSSR count). The molecule has 0 saturated heterocycles. The van der Waals surface area contributed by atoms with E-state index in [0.717, 1.165) is 5.57 Å². The third-order valence-electron chi connectivity index (χ3n) is 2.56. The van der Waals surface area contributed by atoms with Crippen molar-refractivity contribution in [3.05, 3.63) is 41.2 Å². The molecule has 1 saturated carbocycles. The van der Waals surface area contributed by atoms with Crippen LogP contribution in [0.25, 0.3) is 0 Å². The van der Waals surface area contributed by atoms with Crippen molar-refractivity contribution in [2.45, 2.75) is 18.9 Å². The number of hydrogen-bond donors (Lipinski definition) is 1. The van der Waals surface area contributed by atoms with Crippen molar-refractivity contribution in [2.75, 3.05) is 13.2 Å². The van der Waals surface area contributed by atoms with Crippen LogP contribution in [0, 0.1) is 5.82 Å². The zero-order valence-electron chi connectivity index (χ0n) is 9.51. The van der Waals surface area contributed by atoms with Crippen LogP contribution in [0.3, 0.4) is 0 Å². The summed E-state index contributed by atoms with van der Waals surface area (Å²) in [4.78, 5) is 0. The summed E-state index contributed by atoms with van der Waals surface area (Å²) in [5, 5.41) is 3.60. The molecule has 0 bridgehead atoms. The molecular formula is C13H15ClFNO. The minimum atomic E-state index is -0.444. The second-order valence-electron chi connectivity index (χ2n) is 4.24. The summed E-state index contributed by atoms with van der Waals surface area (Å²) in [6, 6.07) is 5.11. The van der Waals surface area contributed by atoms with Crippen LogP contribution in [0.15, 0.2) is 30.4 Å². The van der Waals surface area contributed by atoms with Crippen molar-refractivity contribution >= 4 is 11.6 Å². The first kappa shape index (κ1) is 12.4. The van der Waals surface area contributed by atoms with Gasteiger partial charge >= 0.3 is 0 Å². The van der Waals surface area contributed by atoms with Crippen LogP contribution < -0.4 is 10.1 Å². The molecular weight excluding hydrogens is 241 g/mol. The number of benzene rings is 1. The lowest BCUT2D eigenvalue weighted by atomic mass is 10.3. The first-order valence-electron chi connectivity index (χ1n) is 5.63. The highest BCUT2D eigenvalue weighted by Crippen LogP contribution is 2.27. The lowest BCUT2D eigenvalue weighted by molar-refractivity contribution is 0.329. The van der Waals surface area contributed by atoms with Crippen LogP contribution in [0.1, 0.15) is 12.8 Å². The Morgan fingerprint density at radius 1 is 1.53 bits per heavy atom. The first-order chi connectivity index (χ1) is 8.16. The Hall–Kier alpha value is -1.06. The molecule has 0 atom stereocenters. The summed E-state index contributed by atoms with van der Waals surface area (Å²) in [5.41, 5.74) is 0.885. The number of ether oxygens (including phenoxy) is 1. The monoisotopic (exact) mass is 255 g/mol. The summed E-state index contributed by atoms with van der Waals surface area (Å²) in [6.07, 6.45) is 2.46. The second kappa shape index (κ2) is 5.52. The summed E-state index contributed by atoms with van der Waals surface area (Å²) in [5.74, 6) is -0.345. The molecule has 92 valence electrons. The van der Waals surface area contributed by atoms with E-state index in [9.17, 15) is 4.39 Å². The molecule has 0 spiro atoms. The van der Waals surface area contributed by atoms with Crippen molar-refractivity contribution in [3.63, 3.8) is 0 Å². The highest BCUT2D eigenvalue weighted by atomic mass is 35.5. The molecule has 1 aliphatic rings. The molecule has 0 aliphatic heterocycles. The van der Waals surface area contributed by atoms with Crippen LogP contribution in [0.4, 0.5) is 4.39 Å². The van der Waals surface area contributed by atoms with E-state index in [1.54, 1.807) is 12.1 Å². The molecule has 2 nitrogen and oxygen atoms in total. The molecule has 0 amide bonds. The number of para-hydroxylation sites is 1. The molecule has 1 aromatic carbocycles. The zero-order valence-corrected chi connectivity index (χ0v) is 10.3. The summed E-state index contributed by atoms with van der Waals surface area (Å²) < 4.78 is 18.7. The van der Waals surface area contributed by atoms with Gasteiger partial charge in [0.15, 0.2) is 11.6 Å². The molecule has 1 aromatic rings. The summed E-state index contributed by atoms with van der Waals surface area (Å²) in [7, 11) is 0. The van der Waals surface area contributed by atoms with Crippen LogP contribution >= 0.6 is 11.6 Å². The van der Waals surface area contributed by atoms with Gasteiger partial charge < -0.3 is 10.1 Å². The van der Waals surface area contributed by atoms with Crippen molar-refractivity contribution in [3.8, 4) is 5.75 Å². The fourth-order valence-electron chi connectivity index (χ4n) is 1.42. The van der Waals surface area contributed by atoms with Gasteiger partial charge in [0.2, 0.25) is 0 Å². The van der Waals surface area contributed by atoms with Crippen LogP contribution in [0.2, 0.25) is 5.02 Å². The molecule has 0 aromatic heterocycles. The van der Waals surface area contributed by atoms with Gasteiger partial charge in [-0.2, -0.15) is 0 Å². The SMILES string of the molecule is C=C(CNC1CC1)COc1c(F)cccc1Cl. The Labute approximate surface area is 105 Å². The van der Waals surface area contributed by atoms with Gasteiger partial charge in [0.05, 0.1) is 5.02 Å². The molecule has 1 N–H and O–H groups in total. The maximum absolute atomic E-state index is 13.4.